The number of halogens is 2. The van der Waals surface area contributed by atoms with E-state index in [0.29, 0.717) is 54.9 Å². The van der Waals surface area contributed by atoms with Crippen molar-refractivity contribution in [1.82, 2.24) is 23.6 Å². The molecule has 0 radical (unpaired) electrons. The third-order valence-electron chi connectivity index (χ3n) is 6.76. The predicted octanol–water partition coefficient (Wildman–Crippen LogP) is 2.66. The molecule has 4 aromatic rings. The molecule has 10 nitrogen and oxygen atoms in total. The zero-order valence-electron chi connectivity index (χ0n) is 21.0. The van der Waals surface area contributed by atoms with E-state index >= 15 is 0 Å². The number of amides is 1. The Balaban J connectivity index is 1.39. The van der Waals surface area contributed by atoms with E-state index in [0.717, 1.165) is 20.3 Å². The number of hydrogen-bond acceptors (Lipinski definition) is 6. The van der Waals surface area contributed by atoms with Crippen LogP contribution < -0.4 is 21.5 Å². The van der Waals surface area contributed by atoms with Crippen LogP contribution in [0.2, 0.25) is 5.02 Å². The third-order valence-corrected chi connectivity index (χ3v) is 7.66. The third kappa shape index (κ3) is 5.13. The van der Waals surface area contributed by atoms with E-state index in [1.807, 2.05) is 53.1 Å². The monoisotopic (exact) mass is 599 g/mol. The average Bonchev–Trinajstić information content (AvgIpc) is 3.28. The number of anilines is 2. The number of aryl methyl sites for hydroxylation is 1. The van der Waals surface area contributed by atoms with Crippen LogP contribution in [0.3, 0.4) is 0 Å². The SMILES string of the molecule is Cn1c(=O)c2c(nc(N3CCN(CC(=O)Nc4ccc(Br)cc4)CC3)n2Cc2ccccc2Cl)n(C)c1=O. The van der Waals surface area contributed by atoms with Crippen molar-refractivity contribution in [1.29, 1.82) is 0 Å². The molecule has 0 atom stereocenters. The van der Waals surface area contributed by atoms with Crippen molar-refractivity contribution in [3.63, 3.8) is 0 Å². The van der Waals surface area contributed by atoms with Crippen LogP contribution in [0.15, 0.2) is 62.6 Å². The fraction of sp³-hybridized carbons (Fsp3) is 0.308. The van der Waals surface area contributed by atoms with Crippen molar-refractivity contribution in [2.75, 3.05) is 42.9 Å². The van der Waals surface area contributed by atoms with Gasteiger partial charge in [-0.15, -0.1) is 0 Å². The smallest absolute Gasteiger partial charge is 0.332 e. The topological polar surface area (TPSA) is 97.4 Å². The Morgan fingerprint density at radius 2 is 1.68 bits per heavy atom. The molecule has 12 heteroatoms. The lowest BCUT2D eigenvalue weighted by Crippen LogP contribution is -2.49. The number of carbonyl (C=O) groups is 1. The number of nitrogens with one attached hydrogen (secondary N) is 1. The summed E-state index contributed by atoms with van der Waals surface area (Å²) in [6, 6.07) is 14.9. The lowest BCUT2D eigenvalue weighted by molar-refractivity contribution is -0.117. The standard InChI is InChI=1S/C26H27BrClN7O3/c1-31-23-22(24(37)32(2)26(31)38)35(15-17-5-3-4-6-20(17)28)25(30-23)34-13-11-33(12-14-34)16-21(36)29-19-9-7-18(27)8-10-19/h3-10H,11-16H2,1-2H3,(H,29,36). The molecule has 1 amide bonds. The highest BCUT2D eigenvalue weighted by Crippen LogP contribution is 2.25. The van der Waals surface area contributed by atoms with E-state index in [4.69, 9.17) is 16.6 Å². The van der Waals surface area contributed by atoms with Crippen molar-refractivity contribution in [3.05, 3.63) is 84.4 Å². The van der Waals surface area contributed by atoms with Crippen molar-refractivity contribution in [2.24, 2.45) is 14.1 Å². The zero-order chi connectivity index (χ0) is 27.0. The van der Waals surface area contributed by atoms with Crippen LogP contribution in [0.4, 0.5) is 11.6 Å². The lowest BCUT2D eigenvalue weighted by Gasteiger charge is -2.35. The van der Waals surface area contributed by atoms with Gasteiger partial charge in [0.05, 0.1) is 13.1 Å². The minimum atomic E-state index is -0.432. The molecule has 38 heavy (non-hydrogen) atoms. The average molecular weight is 601 g/mol. The molecule has 0 saturated carbocycles. The van der Waals surface area contributed by atoms with Gasteiger partial charge in [-0.1, -0.05) is 45.7 Å². The molecule has 1 N–H and O–H groups in total. The number of benzene rings is 2. The van der Waals surface area contributed by atoms with E-state index in [9.17, 15) is 14.4 Å². The molecule has 1 fully saturated rings. The summed E-state index contributed by atoms with van der Waals surface area (Å²) in [6.45, 7) is 3.08. The van der Waals surface area contributed by atoms with Gasteiger partial charge in [-0.3, -0.25) is 28.2 Å². The van der Waals surface area contributed by atoms with Crippen LogP contribution in [-0.2, 0) is 25.4 Å². The number of nitrogens with zero attached hydrogens (tertiary/aromatic N) is 6. The van der Waals surface area contributed by atoms with Gasteiger partial charge in [-0.05, 0) is 35.9 Å². The summed E-state index contributed by atoms with van der Waals surface area (Å²) < 4.78 is 5.28. The summed E-state index contributed by atoms with van der Waals surface area (Å²) >= 11 is 9.85. The molecule has 2 aromatic heterocycles. The fourth-order valence-corrected chi connectivity index (χ4v) is 5.13. The summed E-state index contributed by atoms with van der Waals surface area (Å²) in [5.74, 6) is 0.516. The maximum absolute atomic E-state index is 13.2. The van der Waals surface area contributed by atoms with Gasteiger partial charge in [0, 0.05) is 55.5 Å². The normalized spacial score (nSPS) is 14.3. The van der Waals surface area contributed by atoms with Crippen molar-refractivity contribution in [2.45, 2.75) is 6.54 Å². The van der Waals surface area contributed by atoms with E-state index in [1.54, 1.807) is 7.05 Å². The van der Waals surface area contributed by atoms with Crippen molar-refractivity contribution in [3.8, 4) is 0 Å². The Bertz CT molecular complexity index is 1620. The minimum absolute atomic E-state index is 0.0785. The van der Waals surface area contributed by atoms with E-state index < -0.39 is 11.2 Å². The maximum Gasteiger partial charge on any atom is 0.332 e. The van der Waals surface area contributed by atoms with Crippen LogP contribution in [0, 0.1) is 0 Å². The maximum atomic E-state index is 13.2. The quantitative estimate of drug-likeness (QED) is 0.366. The number of rotatable bonds is 6. The van der Waals surface area contributed by atoms with E-state index in [2.05, 4.69) is 31.0 Å². The fourth-order valence-electron chi connectivity index (χ4n) is 4.67. The van der Waals surface area contributed by atoms with Gasteiger partial charge in [0.25, 0.3) is 5.56 Å². The van der Waals surface area contributed by atoms with Gasteiger partial charge in [0.2, 0.25) is 11.9 Å². The second-order valence-electron chi connectivity index (χ2n) is 9.29. The first-order valence-corrected chi connectivity index (χ1v) is 13.3. The molecule has 198 valence electrons. The van der Waals surface area contributed by atoms with Crippen LogP contribution >= 0.6 is 27.5 Å². The number of fused-ring (bicyclic) bond motifs is 1. The van der Waals surface area contributed by atoms with E-state index in [1.165, 1.54) is 11.6 Å². The Labute approximate surface area is 232 Å². The summed E-state index contributed by atoms with van der Waals surface area (Å²) in [5, 5.41) is 3.52. The van der Waals surface area contributed by atoms with Crippen molar-refractivity contribution < 1.29 is 4.79 Å². The molecule has 0 bridgehead atoms. The summed E-state index contributed by atoms with van der Waals surface area (Å²) in [7, 11) is 3.08. The number of hydrogen-bond donors (Lipinski definition) is 1. The lowest BCUT2D eigenvalue weighted by atomic mass is 10.2. The summed E-state index contributed by atoms with van der Waals surface area (Å²) in [4.78, 5) is 47.3. The first-order chi connectivity index (χ1) is 18.2. The Morgan fingerprint density at radius 1 is 1.00 bits per heavy atom. The molecule has 2 aromatic carbocycles. The molecule has 1 aliphatic heterocycles. The van der Waals surface area contributed by atoms with Crippen LogP contribution in [0.5, 0.6) is 0 Å². The molecule has 1 aliphatic rings. The highest BCUT2D eigenvalue weighted by molar-refractivity contribution is 9.10. The zero-order valence-corrected chi connectivity index (χ0v) is 23.4. The highest BCUT2D eigenvalue weighted by atomic mass is 79.9. The van der Waals surface area contributed by atoms with Gasteiger partial charge in [-0.25, -0.2) is 4.79 Å². The molecule has 3 heterocycles. The van der Waals surface area contributed by atoms with Gasteiger partial charge >= 0.3 is 5.69 Å². The number of carbonyl (C=O) groups excluding carboxylic acids is 1. The van der Waals surface area contributed by atoms with Gasteiger partial charge < -0.3 is 10.2 Å². The number of aromatic nitrogens is 4. The first kappa shape index (κ1) is 26.2. The summed E-state index contributed by atoms with van der Waals surface area (Å²) in [6.07, 6.45) is 0. The molecule has 1 saturated heterocycles. The molecule has 0 aliphatic carbocycles. The number of piperazine rings is 1. The highest BCUT2D eigenvalue weighted by Gasteiger charge is 2.26. The summed E-state index contributed by atoms with van der Waals surface area (Å²) in [5.41, 5.74) is 1.43. The van der Waals surface area contributed by atoms with Crippen molar-refractivity contribution >= 4 is 56.2 Å². The molecule has 0 spiro atoms. The first-order valence-electron chi connectivity index (χ1n) is 12.2. The van der Waals surface area contributed by atoms with Gasteiger partial charge in [0.1, 0.15) is 0 Å². The Kier molecular flexibility index (Phi) is 7.42. The minimum Gasteiger partial charge on any atom is -0.340 e. The number of imidazole rings is 1. The Morgan fingerprint density at radius 3 is 2.37 bits per heavy atom. The van der Waals surface area contributed by atoms with Gasteiger partial charge in [-0.2, -0.15) is 4.98 Å². The second kappa shape index (κ2) is 10.8. The molecule has 5 rings (SSSR count). The largest absolute Gasteiger partial charge is 0.340 e. The second-order valence-corrected chi connectivity index (χ2v) is 10.6. The van der Waals surface area contributed by atoms with Gasteiger partial charge in [0.15, 0.2) is 11.2 Å². The van der Waals surface area contributed by atoms with Crippen LogP contribution in [-0.4, -0.2) is 62.2 Å². The van der Waals surface area contributed by atoms with Crippen LogP contribution in [0.25, 0.3) is 11.2 Å². The van der Waals surface area contributed by atoms with Crippen LogP contribution in [0.1, 0.15) is 5.56 Å². The molecule has 0 unspecified atom stereocenters. The van der Waals surface area contributed by atoms with E-state index in [-0.39, 0.29) is 12.5 Å². The molecular weight excluding hydrogens is 574 g/mol. The predicted molar refractivity (Wildman–Crippen MR) is 152 cm³/mol. The molecular formula is C26H27BrClN7O3. The Hall–Kier alpha value is -3.41.